The van der Waals surface area contributed by atoms with Crippen molar-refractivity contribution in [2.45, 2.75) is 13.1 Å². The van der Waals surface area contributed by atoms with E-state index < -0.39 is 10.2 Å². The van der Waals surface area contributed by atoms with Crippen molar-refractivity contribution in [1.82, 2.24) is 40.0 Å². The van der Waals surface area contributed by atoms with Gasteiger partial charge >= 0.3 is 44.8 Å². The van der Waals surface area contributed by atoms with Crippen molar-refractivity contribution in [2.75, 3.05) is 0 Å². The Morgan fingerprint density at radius 3 is 1.05 bits per heavy atom. The van der Waals surface area contributed by atoms with Crippen molar-refractivity contribution < 1.29 is 54.9 Å². The predicted molar refractivity (Wildman–Crippen MR) is 142 cm³/mol. The minimum atomic E-state index is -1.75. The molecule has 0 atom stereocenters. The van der Waals surface area contributed by atoms with Crippen molar-refractivity contribution >= 4 is 22.1 Å². The molecule has 224 valence electrons. The van der Waals surface area contributed by atoms with Crippen LogP contribution in [0.3, 0.4) is 0 Å². The summed E-state index contributed by atoms with van der Waals surface area (Å²) in [6, 6.07) is 23.6. The predicted octanol–water partition coefficient (Wildman–Crippen LogP) is 3.27. The van der Waals surface area contributed by atoms with Gasteiger partial charge in [-0.25, -0.2) is 0 Å². The minimum absolute atomic E-state index is 0. The molecule has 4 heterocycles. The first kappa shape index (κ1) is 35.4. The molecule has 2 aromatic carbocycles. The molecule has 0 aliphatic heterocycles. The van der Waals surface area contributed by atoms with Gasteiger partial charge in [0.1, 0.15) is 22.1 Å². The molecule has 0 amide bonds. The van der Waals surface area contributed by atoms with Crippen LogP contribution in [0.15, 0.2) is 97.6 Å². The summed E-state index contributed by atoms with van der Waals surface area (Å²) in [6.45, 7) is 1.31. The van der Waals surface area contributed by atoms with Gasteiger partial charge in [-0.1, -0.05) is 36.4 Å². The van der Waals surface area contributed by atoms with Crippen LogP contribution in [0.2, 0.25) is 0 Å². The maximum Gasteiger partial charge on any atom is 1.00 e. The first-order chi connectivity index (χ1) is 19.3. The van der Waals surface area contributed by atoms with Crippen molar-refractivity contribution in [3.63, 3.8) is 0 Å². The van der Waals surface area contributed by atoms with E-state index in [0.29, 0.717) is 13.1 Å². The molecule has 0 radical (unpaired) electrons. The Morgan fingerprint density at radius 2 is 0.810 bits per heavy atom. The summed E-state index contributed by atoms with van der Waals surface area (Å²) >= 11 is 0. The molecule has 0 unspecified atom stereocenters. The van der Waals surface area contributed by atoms with Crippen LogP contribution < -0.4 is 0 Å². The van der Waals surface area contributed by atoms with Gasteiger partial charge < -0.3 is 30.6 Å². The Kier molecular flexibility index (Phi) is 15.8. The van der Waals surface area contributed by atoms with Crippen molar-refractivity contribution in [1.29, 1.82) is 0 Å². The Balaban J connectivity index is 0.000000324. The standard InChI is InChI=1S/2C12H10N4.2Ag.2NO3/c2*1-2-6-12-11(5-1)14-16(15-12)9-10-4-3-7-13-8-10;;;2*2-1(3)4/h2*1-8H,9H2;;;;/q;;2*+1;2*-1. The topological polar surface area (TPSA) is 220 Å². The third kappa shape index (κ3) is 12.7. The first-order valence-corrected chi connectivity index (χ1v) is 11.3. The van der Waals surface area contributed by atoms with Gasteiger partial charge in [0.05, 0.1) is 23.3 Å². The zero-order chi connectivity index (χ0) is 28.7. The molecule has 0 saturated heterocycles. The van der Waals surface area contributed by atoms with Gasteiger partial charge in [0.25, 0.3) is 0 Å². The van der Waals surface area contributed by atoms with E-state index in [2.05, 4.69) is 30.4 Å². The van der Waals surface area contributed by atoms with E-state index in [1.165, 1.54) is 0 Å². The summed E-state index contributed by atoms with van der Waals surface area (Å²) in [7, 11) is 0. The van der Waals surface area contributed by atoms with Crippen LogP contribution in [0.4, 0.5) is 0 Å². The third-order valence-corrected chi connectivity index (χ3v) is 4.75. The van der Waals surface area contributed by atoms with E-state index in [0.717, 1.165) is 33.2 Å². The van der Waals surface area contributed by atoms with Crippen molar-refractivity contribution in [3.05, 3.63) is 139 Å². The Bertz CT molecular complexity index is 1460. The smallest absolute Gasteiger partial charge is 0.356 e. The number of pyridine rings is 2. The molecule has 0 aliphatic carbocycles. The second kappa shape index (κ2) is 18.7. The molecule has 6 rings (SSSR count). The first-order valence-electron chi connectivity index (χ1n) is 11.3. The van der Waals surface area contributed by atoms with Crippen LogP contribution in [-0.4, -0.2) is 50.1 Å². The summed E-state index contributed by atoms with van der Waals surface area (Å²) in [4.78, 5) is 28.0. The summed E-state index contributed by atoms with van der Waals surface area (Å²) in [5, 5.41) is 47.0. The Hall–Kier alpha value is -4.58. The quantitative estimate of drug-likeness (QED) is 0.144. The van der Waals surface area contributed by atoms with Gasteiger partial charge in [-0.2, -0.15) is 30.0 Å². The fourth-order valence-electron chi connectivity index (χ4n) is 3.26. The van der Waals surface area contributed by atoms with Crippen LogP contribution in [0.25, 0.3) is 22.1 Å². The van der Waals surface area contributed by atoms with E-state index in [4.69, 9.17) is 30.6 Å². The van der Waals surface area contributed by atoms with E-state index in [1.54, 1.807) is 22.0 Å². The zero-order valence-corrected chi connectivity index (χ0v) is 24.1. The van der Waals surface area contributed by atoms with Crippen LogP contribution in [0, 0.1) is 30.6 Å². The monoisotopic (exact) mass is 758 g/mol. The zero-order valence-electron chi connectivity index (χ0n) is 21.2. The summed E-state index contributed by atoms with van der Waals surface area (Å²) in [6.07, 6.45) is 7.18. The van der Waals surface area contributed by atoms with Crippen LogP contribution in [0.5, 0.6) is 0 Å². The number of aromatic nitrogens is 8. The molecule has 0 N–H and O–H groups in total. The number of nitrogens with zero attached hydrogens (tertiary/aromatic N) is 10. The number of benzene rings is 2. The van der Waals surface area contributed by atoms with Gasteiger partial charge in [-0.15, -0.1) is 0 Å². The molecule has 0 saturated carbocycles. The number of fused-ring (bicyclic) bond motifs is 2. The molecule has 16 nitrogen and oxygen atoms in total. The van der Waals surface area contributed by atoms with Crippen LogP contribution in [0.1, 0.15) is 11.1 Å². The maximum atomic E-state index is 8.25. The van der Waals surface area contributed by atoms with Crippen molar-refractivity contribution in [3.8, 4) is 0 Å². The molecule has 6 aromatic rings. The maximum absolute atomic E-state index is 8.25. The normalized spacial score (nSPS) is 9.33. The third-order valence-electron chi connectivity index (χ3n) is 4.75. The van der Waals surface area contributed by atoms with E-state index in [9.17, 15) is 0 Å². The molecule has 0 spiro atoms. The van der Waals surface area contributed by atoms with Gasteiger partial charge in [-0.05, 0) is 47.5 Å². The summed E-state index contributed by atoms with van der Waals surface area (Å²) < 4.78 is 0. The van der Waals surface area contributed by atoms with Crippen LogP contribution >= 0.6 is 0 Å². The Morgan fingerprint density at radius 1 is 0.524 bits per heavy atom. The van der Waals surface area contributed by atoms with Gasteiger partial charge in [0.2, 0.25) is 0 Å². The fraction of sp³-hybridized carbons (Fsp3) is 0.0833. The van der Waals surface area contributed by atoms with E-state index in [1.807, 2.05) is 85.2 Å². The average molecular weight is 760 g/mol. The number of hydrogen-bond acceptors (Lipinski definition) is 12. The molecule has 0 fully saturated rings. The van der Waals surface area contributed by atoms with Gasteiger partial charge in [-0.3, -0.25) is 9.97 Å². The number of hydrogen-bond donors (Lipinski definition) is 0. The molecule has 0 aliphatic rings. The summed E-state index contributed by atoms with van der Waals surface area (Å²) in [5.41, 5.74) is 5.89. The average Bonchev–Trinajstić information content (AvgIpc) is 3.52. The summed E-state index contributed by atoms with van der Waals surface area (Å²) in [5.74, 6) is 0. The molecule has 18 heteroatoms. The molecule has 0 bridgehead atoms. The molecular weight excluding hydrogens is 740 g/mol. The van der Waals surface area contributed by atoms with E-state index >= 15 is 0 Å². The van der Waals surface area contributed by atoms with Gasteiger partial charge in [0, 0.05) is 24.8 Å². The SMILES string of the molecule is O=[N+]([O-])[O-].O=[N+]([O-])[O-].[Ag+].[Ag+].c1cncc(Cn2nc3ccccc3n2)c1.c1cncc(Cn2nc3ccccc3n2)c1. The number of rotatable bonds is 4. The minimum Gasteiger partial charge on any atom is -0.356 e. The van der Waals surface area contributed by atoms with Crippen molar-refractivity contribution in [2.24, 2.45) is 0 Å². The second-order valence-electron chi connectivity index (χ2n) is 7.61. The second-order valence-corrected chi connectivity index (χ2v) is 7.61. The van der Waals surface area contributed by atoms with Crippen LogP contribution in [-0.2, 0) is 57.9 Å². The Labute approximate surface area is 268 Å². The van der Waals surface area contributed by atoms with E-state index in [-0.39, 0.29) is 44.8 Å². The van der Waals surface area contributed by atoms with Gasteiger partial charge in [0.15, 0.2) is 0 Å². The fourth-order valence-corrected chi connectivity index (χ4v) is 3.26. The molecule has 4 aromatic heterocycles. The molecule has 42 heavy (non-hydrogen) atoms. The largest absolute Gasteiger partial charge is 1.00 e. The molecular formula is C24H20Ag2N10O6.